The number of H-pyrrole nitrogens is 1. The van der Waals surface area contributed by atoms with E-state index in [-0.39, 0.29) is 5.96 Å². The van der Waals surface area contributed by atoms with Crippen molar-refractivity contribution < 1.29 is 4.79 Å². The summed E-state index contributed by atoms with van der Waals surface area (Å²) in [4.78, 5) is 23.1. The zero-order chi connectivity index (χ0) is 16.2. The Morgan fingerprint density at radius 2 is 2.04 bits per heavy atom. The summed E-state index contributed by atoms with van der Waals surface area (Å²) in [6.45, 7) is 0. The number of nitrogens with two attached hydrogens (primary N) is 1. The number of aromatic amines is 1. The number of halogens is 1. The van der Waals surface area contributed by atoms with Crippen LogP contribution in [0.5, 0.6) is 0 Å². The molecule has 0 aliphatic rings. The summed E-state index contributed by atoms with van der Waals surface area (Å²) in [5.74, 6) is 0.232. The summed E-state index contributed by atoms with van der Waals surface area (Å²) in [7, 11) is 0. The fourth-order valence-corrected chi connectivity index (χ4v) is 2.17. The van der Waals surface area contributed by atoms with Crippen molar-refractivity contribution in [3.8, 4) is 0 Å². The Morgan fingerprint density at radius 3 is 2.83 bits per heavy atom. The average Bonchev–Trinajstić information content (AvgIpc) is 2.88. The monoisotopic (exact) mass is 328 g/mol. The summed E-state index contributed by atoms with van der Waals surface area (Å²) in [5, 5.41) is 5.54. The highest BCUT2D eigenvalue weighted by Gasteiger charge is 2.06. The number of nitrogens with one attached hydrogen (secondary N) is 3. The molecule has 116 valence electrons. The second-order valence-electron chi connectivity index (χ2n) is 4.66. The SMILES string of the molecule is N/C(=N\c1nc2ccccc2[nH]1)NC(=O)Nc1cccc(Cl)c1. The van der Waals surface area contributed by atoms with Crippen molar-refractivity contribution in [3.63, 3.8) is 0 Å². The molecule has 8 heteroatoms. The number of anilines is 1. The lowest BCUT2D eigenvalue weighted by Gasteiger charge is -2.06. The molecule has 1 heterocycles. The van der Waals surface area contributed by atoms with Crippen LogP contribution >= 0.6 is 11.6 Å². The molecule has 0 bridgehead atoms. The number of carbonyl (C=O) groups is 1. The Hall–Kier alpha value is -3.06. The Kier molecular flexibility index (Phi) is 4.11. The molecular formula is C15H13ClN6O. The number of aliphatic imine (C=N–C) groups is 1. The molecule has 3 rings (SSSR count). The van der Waals surface area contributed by atoms with Gasteiger partial charge < -0.3 is 16.0 Å². The summed E-state index contributed by atoms with van der Waals surface area (Å²) in [6, 6.07) is 13.7. The second kappa shape index (κ2) is 6.37. The van der Waals surface area contributed by atoms with Gasteiger partial charge in [0.2, 0.25) is 11.9 Å². The van der Waals surface area contributed by atoms with Gasteiger partial charge >= 0.3 is 6.03 Å². The van der Waals surface area contributed by atoms with E-state index in [9.17, 15) is 4.79 Å². The number of benzene rings is 2. The molecule has 0 radical (unpaired) electrons. The summed E-state index contributed by atoms with van der Waals surface area (Å²) < 4.78 is 0. The highest BCUT2D eigenvalue weighted by molar-refractivity contribution is 6.30. The lowest BCUT2D eigenvalue weighted by molar-refractivity contribution is 0.256. The number of fused-ring (bicyclic) bond motifs is 1. The van der Waals surface area contributed by atoms with E-state index in [0.29, 0.717) is 16.7 Å². The van der Waals surface area contributed by atoms with Crippen molar-refractivity contribution in [2.24, 2.45) is 10.7 Å². The molecule has 2 amide bonds. The highest BCUT2D eigenvalue weighted by atomic mass is 35.5. The van der Waals surface area contributed by atoms with Crippen molar-refractivity contribution in [2.45, 2.75) is 0 Å². The van der Waals surface area contributed by atoms with Gasteiger partial charge in [-0.3, -0.25) is 5.32 Å². The Labute approximate surface area is 136 Å². The van der Waals surface area contributed by atoms with Crippen LogP contribution in [-0.2, 0) is 0 Å². The molecule has 23 heavy (non-hydrogen) atoms. The zero-order valence-corrected chi connectivity index (χ0v) is 12.6. The normalized spacial score (nSPS) is 11.4. The van der Waals surface area contributed by atoms with Crippen LogP contribution in [0.4, 0.5) is 16.4 Å². The number of urea groups is 1. The van der Waals surface area contributed by atoms with E-state index in [1.54, 1.807) is 24.3 Å². The maximum Gasteiger partial charge on any atom is 0.325 e. The number of aromatic nitrogens is 2. The molecule has 0 aliphatic carbocycles. The Bertz CT molecular complexity index is 855. The number of imidazole rings is 1. The van der Waals surface area contributed by atoms with Gasteiger partial charge in [0.05, 0.1) is 11.0 Å². The minimum atomic E-state index is -0.523. The van der Waals surface area contributed by atoms with Crippen LogP contribution < -0.4 is 16.4 Å². The molecule has 1 aromatic heterocycles. The van der Waals surface area contributed by atoms with E-state index in [2.05, 4.69) is 25.6 Å². The second-order valence-corrected chi connectivity index (χ2v) is 5.10. The molecule has 2 aromatic carbocycles. The lowest BCUT2D eigenvalue weighted by Crippen LogP contribution is -2.39. The number of nitrogens with zero attached hydrogens (tertiary/aromatic N) is 2. The quantitative estimate of drug-likeness (QED) is 0.429. The van der Waals surface area contributed by atoms with Crippen LogP contribution in [0.2, 0.25) is 5.02 Å². The zero-order valence-electron chi connectivity index (χ0n) is 11.9. The van der Waals surface area contributed by atoms with E-state index in [1.165, 1.54) is 0 Å². The molecule has 0 unspecified atom stereocenters. The van der Waals surface area contributed by atoms with E-state index in [1.807, 2.05) is 24.3 Å². The first kappa shape index (κ1) is 14.9. The van der Waals surface area contributed by atoms with Crippen molar-refractivity contribution in [1.29, 1.82) is 0 Å². The molecule has 7 nitrogen and oxygen atoms in total. The Morgan fingerprint density at radius 1 is 1.22 bits per heavy atom. The van der Waals surface area contributed by atoms with Crippen LogP contribution in [0.25, 0.3) is 11.0 Å². The fourth-order valence-electron chi connectivity index (χ4n) is 1.98. The summed E-state index contributed by atoms with van der Waals surface area (Å²) in [5.41, 5.74) is 7.85. The molecule has 0 spiro atoms. The van der Waals surface area contributed by atoms with Crippen LogP contribution in [0.1, 0.15) is 0 Å². The molecule has 0 saturated heterocycles. The van der Waals surface area contributed by atoms with E-state index >= 15 is 0 Å². The predicted octanol–water partition coefficient (Wildman–Crippen LogP) is 2.98. The smallest absolute Gasteiger partial charge is 0.325 e. The number of rotatable bonds is 2. The summed E-state index contributed by atoms with van der Waals surface area (Å²) >= 11 is 5.85. The van der Waals surface area contributed by atoms with Gasteiger partial charge in [-0.2, -0.15) is 4.99 Å². The van der Waals surface area contributed by atoms with Crippen molar-refractivity contribution in [1.82, 2.24) is 15.3 Å². The third-order valence-electron chi connectivity index (χ3n) is 2.93. The largest absolute Gasteiger partial charge is 0.369 e. The molecule has 3 aromatic rings. The van der Waals surface area contributed by atoms with Crippen LogP contribution in [0.15, 0.2) is 53.5 Å². The molecule has 0 saturated carbocycles. The van der Waals surface area contributed by atoms with E-state index < -0.39 is 6.03 Å². The van der Waals surface area contributed by atoms with Gasteiger partial charge in [0.25, 0.3) is 0 Å². The maximum absolute atomic E-state index is 11.8. The van der Waals surface area contributed by atoms with Gasteiger partial charge in [0.1, 0.15) is 0 Å². The van der Waals surface area contributed by atoms with E-state index in [0.717, 1.165) is 11.0 Å². The van der Waals surface area contributed by atoms with Crippen LogP contribution in [0, 0.1) is 0 Å². The fraction of sp³-hybridized carbons (Fsp3) is 0. The molecule has 0 fully saturated rings. The molecule has 5 N–H and O–H groups in total. The number of para-hydroxylation sites is 2. The molecular weight excluding hydrogens is 316 g/mol. The average molecular weight is 329 g/mol. The third kappa shape index (κ3) is 3.78. The van der Waals surface area contributed by atoms with Gasteiger partial charge in [-0.05, 0) is 30.3 Å². The van der Waals surface area contributed by atoms with Crippen LogP contribution in [0.3, 0.4) is 0 Å². The first-order valence-corrected chi connectivity index (χ1v) is 7.10. The van der Waals surface area contributed by atoms with Crippen molar-refractivity contribution in [3.05, 3.63) is 53.6 Å². The summed E-state index contributed by atoms with van der Waals surface area (Å²) in [6.07, 6.45) is 0. The minimum Gasteiger partial charge on any atom is -0.369 e. The standard InChI is InChI=1S/C15H13ClN6O/c16-9-4-3-5-10(8-9)18-15(23)22-13(17)21-14-19-11-6-1-2-7-12(11)20-14/h1-8H,(H5,17,18,19,20,21,22,23). The minimum absolute atomic E-state index is 0.0800. The van der Waals surface area contributed by atoms with Gasteiger partial charge in [0, 0.05) is 10.7 Å². The number of guanidine groups is 1. The van der Waals surface area contributed by atoms with Gasteiger partial charge in [0.15, 0.2) is 0 Å². The van der Waals surface area contributed by atoms with Crippen molar-refractivity contribution >= 4 is 46.3 Å². The first-order chi connectivity index (χ1) is 11.1. The highest BCUT2D eigenvalue weighted by Crippen LogP contribution is 2.16. The van der Waals surface area contributed by atoms with E-state index in [4.69, 9.17) is 17.3 Å². The molecule has 0 aliphatic heterocycles. The van der Waals surface area contributed by atoms with Gasteiger partial charge in [-0.15, -0.1) is 0 Å². The first-order valence-electron chi connectivity index (χ1n) is 6.72. The maximum atomic E-state index is 11.8. The number of hydrogen-bond donors (Lipinski definition) is 4. The number of hydrogen-bond acceptors (Lipinski definition) is 3. The third-order valence-corrected chi connectivity index (χ3v) is 3.16. The Balaban J connectivity index is 1.67. The number of carbonyl (C=O) groups excluding carboxylic acids is 1. The van der Waals surface area contributed by atoms with Crippen LogP contribution in [-0.4, -0.2) is 22.0 Å². The molecule has 0 atom stereocenters. The lowest BCUT2D eigenvalue weighted by atomic mass is 10.3. The predicted molar refractivity (Wildman–Crippen MR) is 91.0 cm³/mol. The topological polar surface area (TPSA) is 108 Å². The number of amides is 2. The van der Waals surface area contributed by atoms with Gasteiger partial charge in [-0.1, -0.05) is 29.8 Å². The van der Waals surface area contributed by atoms with Gasteiger partial charge in [-0.25, -0.2) is 9.78 Å². The van der Waals surface area contributed by atoms with Crippen molar-refractivity contribution in [2.75, 3.05) is 5.32 Å².